The van der Waals surface area contributed by atoms with Crippen LogP contribution >= 0.6 is 0 Å². The molecule has 0 spiro atoms. The van der Waals surface area contributed by atoms with Crippen LogP contribution in [0.2, 0.25) is 0 Å². The molecule has 0 unspecified atom stereocenters. The molecule has 7 nitrogen and oxygen atoms in total. The van der Waals surface area contributed by atoms with E-state index in [0.717, 1.165) is 39.8 Å². The maximum Gasteiger partial charge on any atom is 0.231 e. The molecule has 2 aromatic heterocycles. The van der Waals surface area contributed by atoms with Crippen molar-refractivity contribution in [2.24, 2.45) is 0 Å². The van der Waals surface area contributed by atoms with Crippen LogP contribution in [0.25, 0.3) is 16.9 Å². The van der Waals surface area contributed by atoms with Crippen molar-refractivity contribution in [3.8, 4) is 28.5 Å². The lowest BCUT2D eigenvalue weighted by Gasteiger charge is -2.09. The van der Waals surface area contributed by atoms with Crippen molar-refractivity contribution in [3.05, 3.63) is 66.6 Å². The molecule has 5 rings (SSSR count). The van der Waals surface area contributed by atoms with Gasteiger partial charge in [0.2, 0.25) is 6.79 Å². The number of nitrogens with zero attached hydrogens (tertiary/aromatic N) is 3. The number of phenolic OH excluding ortho intramolecular Hbond substituents is 1. The van der Waals surface area contributed by atoms with Gasteiger partial charge >= 0.3 is 0 Å². The van der Waals surface area contributed by atoms with Gasteiger partial charge in [0, 0.05) is 24.5 Å². The van der Waals surface area contributed by atoms with Gasteiger partial charge in [-0.2, -0.15) is 0 Å². The number of imidazole rings is 1. The van der Waals surface area contributed by atoms with Gasteiger partial charge in [-0.3, -0.25) is 9.38 Å². The summed E-state index contributed by atoms with van der Waals surface area (Å²) in [7, 11) is 0. The molecule has 2 aromatic carbocycles. The van der Waals surface area contributed by atoms with Gasteiger partial charge in [-0.25, -0.2) is 4.98 Å². The molecular weight excluding hydrogens is 344 g/mol. The van der Waals surface area contributed by atoms with Crippen molar-refractivity contribution in [1.82, 2.24) is 14.4 Å². The van der Waals surface area contributed by atoms with Crippen LogP contribution in [-0.4, -0.2) is 26.3 Å². The Morgan fingerprint density at radius 2 is 1.93 bits per heavy atom. The lowest BCUT2D eigenvalue weighted by Crippen LogP contribution is -2.03. The zero-order valence-corrected chi connectivity index (χ0v) is 14.3. The van der Waals surface area contributed by atoms with Crippen molar-refractivity contribution in [2.75, 3.05) is 12.1 Å². The molecular formula is C20H16N4O3. The van der Waals surface area contributed by atoms with Crippen molar-refractivity contribution in [1.29, 1.82) is 0 Å². The van der Waals surface area contributed by atoms with Gasteiger partial charge in [0.05, 0.1) is 6.20 Å². The molecule has 7 heteroatoms. The number of hydrogen-bond donors (Lipinski definition) is 2. The monoisotopic (exact) mass is 360 g/mol. The van der Waals surface area contributed by atoms with Gasteiger partial charge in [-0.05, 0) is 42.0 Å². The Morgan fingerprint density at radius 1 is 1.07 bits per heavy atom. The Kier molecular flexibility index (Phi) is 3.57. The predicted molar refractivity (Wildman–Crippen MR) is 100.0 cm³/mol. The van der Waals surface area contributed by atoms with Gasteiger partial charge in [-0.15, -0.1) is 0 Å². The first-order valence-electron chi connectivity index (χ1n) is 8.52. The van der Waals surface area contributed by atoms with Crippen LogP contribution in [0.4, 0.5) is 5.82 Å². The van der Waals surface area contributed by atoms with E-state index in [9.17, 15) is 5.11 Å². The largest absolute Gasteiger partial charge is 0.508 e. The third-order valence-electron chi connectivity index (χ3n) is 4.47. The molecule has 0 radical (unpaired) electrons. The molecule has 0 fully saturated rings. The number of nitrogens with one attached hydrogen (secondary N) is 1. The summed E-state index contributed by atoms with van der Waals surface area (Å²) in [6, 6.07) is 12.9. The lowest BCUT2D eigenvalue weighted by atomic mass is 10.1. The van der Waals surface area contributed by atoms with E-state index in [2.05, 4.69) is 10.3 Å². The fourth-order valence-electron chi connectivity index (χ4n) is 3.13. The summed E-state index contributed by atoms with van der Waals surface area (Å²) in [4.78, 5) is 8.85. The molecule has 1 aliphatic rings. The van der Waals surface area contributed by atoms with Crippen molar-refractivity contribution in [2.45, 2.75) is 6.54 Å². The summed E-state index contributed by atoms with van der Waals surface area (Å²) < 4.78 is 12.8. The SMILES string of the molecule is Oc1ccc(-c2nc3cnccn3c2NCc2ccc3c(c2)OCO3)cc1. The molecule has 0 bridgehead atoms. The zero-order valence-electron chi connectivity index (χ0n) is 14.3. The molecule has 134 valence electrons. The normalized spacial score (nSPS) is 12.4. The van der Waals surface area contributed by atoms with Crippen LogP contribution < -0.4 is 14.8 Å². The standard InChI is InChI=1S/C20H16N4O3/c25-15-4-2-14(3-5-15)19-20(24-8-7-21-11-18(24)23-19)22-10-13-1-6-16-17(9-13)27-12-26-16/h1-9,11,22,25H,10,12H2. The highest BCUT2D eigenvalue weighted by molar-refractivity contribution is 5.76. The Bertz CT molecular complexity index is 1120. The van der Waals surface area contributed by atoms with Crippen LogP contribution in [-0.2, 0) is 6.54 Å². The molecule has 0 amide bonds. The first-order chi connectivity index (χ1) is 13.3. The van der Waals surface area contributed by atoms with E-state index in [4.69, 9.17) is 14.5 Å². The molecule has 3 heterocycles. The summed E-state index contributed by atoms with van der Waals surface area (Å²) in [5.41, 5.74) is 3.52. The number of hydrogen-bond acceptors (Lipinski definition) is 6. The van der Waals surface area contributed by atoms with E-state index < -0.39 is 0 Å². The molecule has 0 saturated heterocycles. The third-order valence-corrected chi connectivity index (χ3v) is 4.47. The summed E-state index contributed by atoms with van der Waals surface area (Å²) in [6.07, 6.45) is 5.31. The molecule has 27 heavy (non-hydrogen) atoms. The minimum absolute atomic E-state index is 0.221. The number of anilines is 1. The Balaban J connectivity index is 1.51. The van der Waals surface area contributed by atoms with Crippen LogP contribution in [0.3, 0.4) is 0 Å². The number of rotatable bonds is 4. The molecule has 2 N–H and O–H groups in total. The van der Waals surface area contributed by atoms with Crippen LogP contribution in [0.15, 0.2) is 61.1 Å². The van der Waals surface area contributed by atoms with E-state index in [1.54, 1.807) is 24.5 Å². The number of aromatic hydroxyl groups is 1. The number of benzene rings is 2. The molecule has 0 aliphatic carbocycles. The first-order valence-corrected chi connectivity index (χ1v) is 8.52. The second-order valence-electron chi connectivity index (χ2n) is 6.20. The fourth-order valence-corrected chi connectivity index (χ4v) is 3.13. The lowest BCUT2D eigenvalue weighted by molar-refractivity contribution is 0.174. The summed E-state index contributed by atoms with van der Waals surface area (Å²) in [6.45, 7) is 0.856. The average molecular weight is 360 g/mol. The highest BCUT2D eigenvalue weighted by Crippen LogP contribution is 2.33. The molecule has 0 saturated carbocycles. The van der Waals surface area contributed by atoms with Gasteiger partial charge < -0.3 is 19.9 Å². The van der Waals surface area contributed by atoms with Crippen LogP contribution in [0, 0.1) is 0 Å². The minimum Gasteiger partial charge on any atom is -0.508 e. The Labute approximate surface area is 154 Å². The predicted octanol–water partition coefficient (Wildman–Crippen LogP) is 3.44. The van der Waals surface area contributed by atoms with Gasteiger partial charge in [0.15, 0.2) is 17.1 Å². The van der Waals surface area contributed by atoms with E-state index in [1.807, 2.05) is 40.9 Å². The van der Waals surface area contributed by atoms with E-state index in [-0.39, 0.29) is 12.5 Å². The smallest absolute Gasteiger partial charge is 0.231 e. The van der Waals surface area contributed by atoms with Crippen LogP contribution in [0.1, 0.15) is 5.56 Å². The number of ether oxygens (including phenoxy) is 2. The highest BCUT2D eigenvalue weighted by atomic mass is 16.7. The number of phenols is 1. The number of fused-ring (bicyclic) bond motifs is 2. The second-order valence-corrected chi connectivity index (χ2v) is 6.20. The summed E-state index contributed by atoms with van der Waals surface area (Å²) >= 11 is 0. The molecule has 1 aliphatic heterocycles. The third kappa shape index (κ3) is 2.79. The Morgan fingerprint density at radius 3 is 2.81 bits per heavy atom. The van der Waals surface area contributed by atoms with E-state index in [1.165, 1.54) is 0 Å². The average Bonchev–Trinajstić information content (AvgIpc) is 3.31. The molecule has 0 atom stereocenters. The topological polar surface area (TPSA) is 80.9 Å². The van der Waals surface area contributed by atoms with E-state index in [0.29, 0.717) is 6.54 Å². The van der Waals surface area contributed by atoms with Gasteiger partial charge in [0.1, 0.15) is 17.3 Å². The second kappa shape index (κ2) is 6.21. The van der Waals surface area contributed by atoms with E-state index >= 15 is 0 Å². The van der Waals surface area contributed by atoms with Crippen molar-refractivity contribution in [3.63, 3.8) is 0 Å². The zero-order chi connectivity index (χ0) is 18.2. The summed E-state index contributed by atoms with van der Waals surface area (Å²) in [5.74, 6) is 2.61. The highest BCUT2D eigenvalue weighted by Gasteiger charge is 2.16. The quantitative estimate of drug-likeness (QED) is 0.580. The number of aromatic nitrogens is 3. The maximum absolute atomic E-state index is 9.57. The van der Waals surface area contributed by atoms with Crippen LogP contribution in [0.5, 0.6) is 17.2 Å². The first kappa shape index (κ1) is 15.5. The minimum atomic E-state index is 0.221. The van der Waals surface area contributed by atoms with Gasteiger partial charge in [-0.1, -0.05) is 6.07 Å². The molecule has 4 aromatic rings. The summed E-state index contributed by atoms with van der Waals surface area (Å²) in [5, 5.41) is 13.0. The van der Waals surface area contributed by atoms with Gasteiger partial charge in [0.25, 0.3) is 0 Å². The maximum atomic E-state index is 9.57. The fraction of sp³-hybridized carbons (Fsp3) is 0.100. The Hall–Kier alpha value is -3.74. The van der Waals surface area contributed by atoms with Crippen molar-refractivity contribution >= 4 is 11.5 Å². The van der Waals surface area contributed by atoms with Crippen molar-refractivity contribution < 1.29 is 14.6 Å².